The second-order valence-corrected chi connectivity index (χ2v) is 6.11. The zero-order chi connectivity index (χ0) is 17.7. The monoisotopic (exact) mass is 349 g/mol. The molecule has 8 heteroatoms. The number of ether oxygens (including phenoxy) is 1. The highest BCUT2D eigenvalue weighted by atomic mass is 32.2. The molecule has 6 nitrogen and oxygen atoms in total. The number of ketones is 1. The summed E-state index contributed by atoms with van der Waals surface area (Å²) in [7, 11) is 0. The molecule has 0 aliphatic rings. The maximum absolute atomic E-state index is 12.9. The summed E-state index contributed by atoms with van der Waals surface area (Å²) in [4.78, 5) is 32.0. The lowest BCUT2D eigenvalue weighted by Gasteiger charge is -2.10. The van der Waals surface area contributed by atoms with Crippen molar-refractivity contribution in [3.05, 3.63) is 47.4 Å². The second kappa shape index (κ2) is 7.87. The van der Waals surface area contributed by atoms with Crippen LogP contribution >= 0.6 is 11.8 Å². The number of halogens is 1. The standard InChI is InChI=1S/C16H16FN3O3S/c1-3-23-15(22)12-8-19-16(20-14(12)18)24-9(2)13(21)10-4-6-11(17)7-5-10/h4-9H,3H2,1-2H3,(H2,18,19,20). The number of carbonyl (C=O) groups is 2. The molecular weight excluding hydrogens is 333 g/mol. The molecule has 0 aliphatic heterocycles. The van der Waals surface area contributed by atoms with Crippen LogP contribution in [0.1, 0.15) is 34.6 Å². The van der Waals surface area contributed by atoms with Crippen LogP contribution in [0.2, 0.25) is 0 Å². The van der Waals surface area contributed by atoms with Crippen LogP contribution in [-0.2, 0) is 4.74 Å². The predicted octanol–water partition coefficient (Wildman–Crippen LogP) is 2.74. The van der Waals surface area contributed by atoms with E-state index in [0.717, 1.165) is 11.8 Å². The Balaban J connectivity index is 2.10. The van der Waals surface area contributed by atoms with Crippen molar-refractivity contribution in [3.63, 3.8) is 0 Å². The van der Waals surface area contributed by atoms with Gasteiger partial charge in [-0.05, 0) is 38.1 Å². The van der Waals surface area contributed by atoms with Crippen LogP contribution < -0.4 is 5.73 Å². The van der Waals surface area contributed by atoms with E-state index in [1.165, 1.54) is 30.5 Å². The van der Waals surface area contributed by atoms with Crippen molar-refractivity contribution in [1.82, 2.24) is 9.97 Å². The highest BCUT2D eigenvalue weighted by Crippen LogP contribution is 2.24. The molecule has 1 unspecified atom stereocenters. The molecule has 1 aromatic heterocycles. The van der Waals surface area contributed by atoms with Crippen LogP contribution in [0.25, 0.3) is 0 Å². The average Bonchev–Trinajstić information content (AvgIpc) is 2.55. The molecule has 0 saturated carbocycles. The summed E-state index contributed by atoms with van der Waals surface area (Å²) in [6.45, 7) is 3.59. The maximum atomic E-state index is 12.9. The number of thioether (sulfide) groups is 1. The van der Waals surface area contributed by atoms with Gasteiger partial charge in [-0.25, -0.2) is 19.2 Å². The van der Waals surface area contributed by atoms with Crippen molar-refractivity contribution in [2.24, 2.45) is 0 Å². The summed E-state index contributed by atoms with van der Waals surface area (Å²) in [5.41, 5.74) is 6.22. The smallest absolute Gasteiger partial charge is 0.343 e. The summed E-state index contributed by atoms with van der Waals surface area (Å²) in [6.07, 6.45) is 1.28. The molecule has 0 aliphatic carbocycles. The van der Waals surface area contributed by atoms with Crippen LogP contribution in [-0.4, -0.2) is 33.6 Å². The maximum Gasteiger partial charge on any atom is 0.343 e. The van der Waals surface area contributed by atoms with Crippen LogP contribution in [0.4, 0.5) is 10.2 Å². The number of anilines is 1. The minimum Gasteiger partial charge on any atom is -0.462 e. The van der Waals surface area contributed by atoms with Gasteiger partial charge < -0.3 is 10.5 Å². The molecule has 2 aromatic rings. The quantitative estimate of drug-likeness (QED) is 0.371. The van der Waals surface area contributed by atoms with Crippen molar-refractivity contribution in [2.75, 3.05) is 12.3 Å². The normalized spacial score (nSPS) is 11.8. The Morgan fingerprint density at radius 2 is 2.00 bits per heavy atom. The van der Waals surface area contributed by atoms with Crippen LogP contribution in [0.15, 0.2) is 35.6 Å². The SMILES string of the molecule is CCOC(=O)c1cnc(SC(C)C(=O)c2ccc(F)cc2)nc1N. The van der Waals surface area contributed by atoms with Gasteiger partial charge in [0.25, 0.3) is 0 Å². The lowest BCUT2D eigenvalue weighted by molar-refractivity contribution is 0.0526. The minimum absolute atomic E-state index is 0.00705. The van der Waals surface area contributed by atoms with Gasteiger partial charge in [0.15, 0.2) is 10.9 Å². The van der Waals surface area contributed by atoms with E-state index < -0.39 is 17.0 Å². The van der Waals surface area contributed by atoms with E-state index in [9.17, 15) is 14.0 Å². The molecule has 1 heterocycles. The number of rotatable bonds is 6. The van der Waals surface area contributed by atoms with Crippen molar-refractivity contribution in [3.8, 4) is 0 Å². The number of hydrogen-bond acceptors (Lipinski definition) is 7. The number of nitrogens with two attached hydrogens (primary N) is 1. The largest absolute Gasteiger partial charge is 0.462 e. The molecule has 0 bridgehead atoms. The molecule has 126 valence electrons. The number of Topliss-reactive ketones (excluding diaryl/α,β-unsaturated/α-hetero) is 1. The molecule has 2 N–H and O–H groups in total. The van der Waals surface area contributed by atoms with Crippen LogP contribution in [0.3, 0.4) is 0 Å². The third kappa shape index (κ3) is 4.29. The molecule has 1 aromatic carbocycles. The highest BCUT2D eigenvalue weighted by Gasteiger charge is 2.20. The number of nitrogen functional groups attached to an aromatic ring is 1. The van der Waals surface area contributed by atoms with Gasteiger partial charge in [-0.2, -0.15) is 0 Å². The average molecular weight is 349 g/mol. The number of carbonyl (C=O) groups excluding carboxylic acids is 2. The van der Waals surface area contributed by atoms with Crippen molar-refractivity contribution >= 4 is 29.3 Å². The van der Waals surface area contributed by atoms with Gasteiger partial charge >= 0.3 is 5.97 Å². The fraction of sp³-hybridized carbons (Fsp3) is 0.250. The van der Waals surface area contributed by atoms with Crippen LogP contribution in [0, 0.1) is 5.82 Å². The fourth-order valence-electron chi connectivity index (χ4n) is 1.86. The number of nitrogens with zero attached hydrogens (tertiary/aromatic N) is 2. The lowest BCUT2D eigenvalue weighted by atomic mass is 10.1. The van der Waals surface area contributed by atoms with Crippen LogP contribution in [0.5, 0.6) is 0 Å². The highest BCUT2D eigenvalue weighted by molar-refractivity contribution is 8.00. The molecule has 24 heavy (non-hydrogen) atoms. The first-order chi connectivity index (χ1) is 11.4. The number of hydrogen-bond donors (Lipinski definition) is 1. The van der Waals surface area contributed by atoms with Crippen molar-refractivity contribution < 1.29 is 18.7 Å². The molecule has 0 amide bonds. The Morgan fingerprint density at radius 3 is 2.58 bits per heavy atom. The number of esters is 1. The number of aromatic nitrogens is 2. The first-order valence-corrected chi connectivity index (χ1v) is 8.06. The Labute approximate surface area is 142 Å². The van der Waals surface area contributed by atoms with E-state index in [4.69, 9.17) is 10.5 Å². The molecule has 0 saturated heterocycles. The molecule has 0 radical (unpaired) electrons. The lowest BCUT2D eigenvalue weighted by Crippen LogP contribution is -2.15. The van der Waals surface area contributed by atoms with E-state index in [0.29, 0.717) is 5.56 Å². The molecular formula is C16H16FN3O3S. The van der Waals surface area contributed by atoms with Gasteiger partial charge in [0.2, 0.25) is 0 Å². The van der Waals surface area contributed by atoms with E-state index in [2.05, 4.69) is 9.97 Å². The third-order valence-corrected chi connectivity index (χ3v) is 4.05. The minimum atomic E-state index is -0.595. The van der Waals surface area contributed by atoms with Gasteiger partial charge in [0.05, 0.1) is 11.9 Å². The van der Waals surface area contributed by atoms with E-state index in [-0.39, 0.29) is 28.9 Å². The Kier molecular flexibility index (Phi) is 5.86. The van der Waals surface area contributed by atoms with Crippen molar-refractivity contribution in [2.45, 2.75) is 24.3 Å². The zero-order valence-electron chi connectivity index (χ0n) is 13.2. The Hall–Kier alpha value is -2.48. The van der Waals surface area contributed by atoms with Gasteiger partial charge in [0.1, 0.15) is 17.2 Å². The summed E-state index contributed by atoms with van der Waals surface area (Å²) in [6, 6.07) is 5.31. The van der Waals surface area contributed by atoms with E-state index in [1.54, 1.807) is 13.8 Å². The molecule has 0 spiro atoms. The second-order valence-electron chi connectivity index (χ2n) is 4.80. The summed E-state index contributed by atoms with van der Waals surface area (Å²) >= 11 is 1.10. The first kappa shape index (κ1) is 17.9. The third-order valence-electron chi connectivity index (χ3n) is 3.07. The predicted molar refractivity (Wildman–Crippen MR) is 88.5 cm³/mol. The topological polar surface area (TPSA) is 95.2 Å². The van der Waals surface area contributed by atoms with Gasteiger partial charge in [-0.15, -0.1) is 0 Å². The van der Waals surface area contributed by atoms with Crippen molar-refractivity contribution in [1.29, 1.82) is 0 Å². The van der Waals surface area contributed by atoms with E-state index in [1.807, 2.05) is 0 Å². The Bertz CT molecular complexity index is 753. The summed E-state index contributed by atoms with van der Waals surface area (Å²) in [5, 5.41) is -0.230. The number of benzene rings is 1. The fourth-order valence-corrected chi connectivity index (χ4v) is 2.69. The van der Waals surface area contributed by atoms with Gasteiger partial charge in [0, 0.05) is 11.8 Å². The zero-order valence-corrected chi connectivity index (χ0v) is 14.0. The molecule has 1 atom stereocenters. The van der Waals surface area contributed by atoms with E-state index >= 15 is 0 Å². The Morgan fingerprint density at radius 1 is 1.33 bits per heavy atom. The van der Waals surface area contributed by atoms with Gasteiger partial charge in [-0.1, -0.05) is 11.8 Å². The van der Waals surface area contributed by atoms with Gasteiger partial charge in [-0.3, -0.25) is 4.79 Å². The summed E-state index contributed by atoms with van der Waals surface area (Å²) < 4.78 is 17.8. The molecule has 0 fully saturated rings. The summed E-state index contributed by atoms with van der Waals surface area (Å²) in [5.74, 6) is -1.19. The first-order valence-electron chi connectivity index (χ1n) is 7.18. The molecule has 2 rings (SSSR count).